The van der Waals surface area contributed by atoms with E-state index in [0.29, 0.717) is 12.5 Å². The third kappa shape index (κ3) is 4.08. The van der Waals surface area contributed by atoms with Crippen molar-refractivity contribution in [2.45, 2.75) is 45.8 Å². The maximum absolute atomic E-state index is 6.14. The van der Waals surface area contributed by atoms with E-state index in [1.54, 1.807) is 0 Å². The Balaban J connectivity index is 2.06. The van der Waals surface area contributed by atoms with Gasteiger partial charge < -0.3 is 10.5 Å². The van der Waals surface area contributed by atoms with Gasteiger partial charge in [-0.05, 0) is 29.5 Å². The van der Waals surface area contributed by atoms with Crippen LogP contribution in [0.25, 0.3) is 0 Å². The smallest absolute Gasteiger partial charge is 0.124 e. The lowest BCUT2D eigenvalue weighted by Crippen LogP contribution is -2.10. The largest absolute Gasteiger partial charge is 0.489 e. The van der Waals surface area contributed by atoms with Crippen LogP contribution in [-0.2, 0) is 6.61 Å². The number of para-hydroxylation sites is 1. The Morgan fingerprint density at radius 3 is 2.29 bits per heavy atom. The van der Waals surface area contributed by atoms with Gasteiger partial charge in [0.05, 0.1) is 0 Å². The molecule has 0 aromatic heterocycles. The van der Waals surface area contributed by atoms with Gasteiger partial charge >= 0.3 is 0 Å². The van der Waals surface area contributed by atoms with Crippen LogP contribution in [0.1, 0.15) is 55.8 Å². The molecule has 2 aromatic carbocycles. The first-order valence-corrected chi connectivity index (χ1v) is 7.68. The fourth-order valence-electron chi connectivity index (χ4n) is 2.30. The van der Waals surface area contributed by atoms with Gasteiger partial charge in [-0.2, -0.15) is 0 Å². The zero-order valence-electron chi connectivity index (χ0n) is 13.2. The summed E-state index contributed by atoms with van der Waals surface area (Å²) in [5.41, 5.74) is 9.75. The highest BCUT2D eigenvalue weighted by Gasteiger charge is 2.10. The van der Waals surface area contributed by atoms with Crippen molar-refractivity contribution in [1.82, 2.24) is 0 Å². The maximum Gasteiger partial charge on any atom is 0.124 e. The Hall–Kier alpha value is -1.80. The lowest BCUT2D eigenvalue weighted by Gasteiger charge is -2.16. The van der Waals surface area contributed by atoms with Crippen molar-refractivity contribution in [3.8, 4) is 5.75 Å². The summed E-state index contributed by atoms with van der Waals surface area (Å²) in [7, 11) is 0. The zero-order valence-corrected chi connectivity index (χ0v) is 13.2. The van der Waals surface area contributed by atoms with Crippen molar-refractivity contribution < 1.29 is 4.74 Å². The lowest BCUT2D eigenvalue weighted by molar-refractivity contribution is 0.300. The van der Waals surface area contributed by atoms with E-state index < -0.39 is 0 Å². The van der Waals surface area contributed by atoms with E-state index in [0.717, 1.165) is 17.7 Å². The molecule has 1 atom stereocenters. The van der Waals surface area contributed by atoms with E-state index in [9.17, 15) is 0 Å². The molecule has 0 fully saturated rings. The van der Waals surface area contributed by atoms with Gasteiger partial charge in [0.15, 0.2) is 0 Å². The molecule has 112 valence electrons. The van der Waals surface area contributed by atoms with Gasteiger partial charge in [-0.25, -0.2) is 0 Å². The molecule has 0 saturated carbocycles. The fraction of sp³-hybridized carbons (Fsp3) is 0.368. The highest BCUT2D eigenvalue weighted by molar-refractivity contribution is 5.36. The predicted octanol–water partition coefficient (Wildman–Crippen LogP) is 4.80. The molecule has 0 unspecified atom stereocenters. The van der Waals surface area contributed by atoms with Gasteiger partial charge in [-0.1, -0.05) is 63.2 Å². The number of rotatable bonds is 6. The van der Waals surface area contributed by atoms with Gasteiger partial charge in [0, 0.05) is 11.6 Å². The molecule has 0 spiro atoms. The van der Waals surface area contributed by atoms with E-state index in [2.05, 4.69) is 45.0 Å². The molecule has 0 saturated heterocycles. The topological polar surface area (TPSA) is 35.2 Å². The van der Waals surface area contributed by atoms with Crippen LogP contribution >= 0.6 is 0 Å². The van der Waals surface area contributed by atoms with Crippen LogP contribution in [0.3, 0.4) is 0 Å². The van der Waals surface area contributed by atoms with Crippen LogP contribution in [0.5, 0.6) is 5.75 Å². The minimum Gasteiger partial charge on any atom is -0.489 e. The molecule has 2 N–H and O–H groups in total. The average molecular weight is 283 g/mol. The quantitative estimate of drug-likeness (QED) is 0.826. The van der Waals surface area contributed by atoms with Crippen molar-refractivity contribution in [3.63, 3.8) is 0 Å². The van der Waals surface area contributed by atoms with E-state index in [1.165, 1.54) is 11.1 Å². The first-order chi connectivity index (χ1) is 10.1. The molecular formula is C19H25NO. The van der Waals surface area contributed by atoms with E-state index >= 15 is 0 Å². The summed E-state index contributed by atoms with van der Waals surface area (Å²) >= 11 is 0. The van der Waals surface area contributed by atoms with Gasteiger partial charge in [0.1, 0.15) is 12.4 Å². The fourth-order valence-corrected chi connectivity index (χ4v) is 2.30. The highest BCUT2D eigenvalue weighted by Crippen LogP contribution is 2.26. The van der Waals surface area contributed by atoms with Crippen molar-refractivity contribution in [2.75, 3.05) is 0 Å². The van der Waals surface area contributed by atoms with Crippen molar-refractivity contribution in [3.05, 3.63) is 65.2 Å². The molecule has 0 aliphatic heterocycles. The van der Waals surface area contributed by atoms with Crippen LogP contribution in [0.15, 0.2) is 48.5 Å². The van der Waals surface area contributed by atoms with Crippen molar-refractivity contribution in [2.24, 2.45) is 5.73 Å². The SMILES string of the molecule is CC[C@@H](N)c1ccccc1OCc1ccc(C(C)C)cc1. The molecule has 2 nitrogen and oxygen atoms in total. The van der Waals surface area contributed by atoms with Gasteiger partial charge in [0.25, 0.3) is 0 Å². The van der Waals surface area contributed by atoms with E-state index in [4.69, 9.17) is 10.5 Å². The second kappa shape index (κ2) is 7.28. The Kier molecular flexibility index (Phi) is 5.40. The normalized spacial score (nSPS) is 12.4. The van der Waals surface area contributed by atoms with Crippen LogP contribution in [0.4, 0.5) is 0 Å². The van der Waals surface area contributed by atoms with Crippen LogP contribution in [0.2, 0.25) is 0 Å². The summed E-state index contributed by atoms with van der Waals surface area (Å²) < 4.78 is 5.97. The Morgan fingerprint density at radius 2 is 1.67 bits per heavy atom. The number of nitrogens with two attached hydrogens (primary N) is 1. The summed E-state index contributed by atoms with van der Waals surface area (Å²) in [6.45, 7) is 7.07. The van der Waals surface area contributed by atoms with Crippen molar-refractivity contribution in [1.29, 1.82) is 0 Å². The summed E-state index contributed by atoms with van der Waals surface area (Å²) in [6, 6.07) is 16.7. The van der Waals surface area contributed by atoms with Crippen LogP contribution in [0, 0.1) is 0 Å². The molecular weight excluding hydrogens is 258 g/mol. The molecule has 0 aliphatic rings. The van der Waals surface area contributed by atoms with Crippen molar-refractivity contribution >= 4 is 0 Å². The highest BCUT2D eigenvalue weighted by atomic mass is 16.5. The van der Waals surface area contributed by atoms with Crippen LogP contribution < -0.4 is 10.5 Å². The summed E-state index contributed by atoms with van der Waals surface area (Å²) in [4.78, 5) is 0. The molecule has 0 radical (unpaired) electrons. The Morgan fingerprint density at radius 1 is 1.00 bits per heavy atom. The number of hydrogen-bond donors (Lipinski definition) is 1. The summed E-state index contributed by atoms with van der Waals surface area (Å²) in [5, 5.41) is 0. The van der Waals surface area contributed by atoms with Gasteiger partial charge in [-0.15, -0.1) is 0 Å². The minimum absolute atomic E-state index is 0.0320. The summed E-state index contributed by atoms with van der Waals surface area (Å²) in [6.07, 6.45) is 0.906. The summed E-state index contributed by atoms with van der Waals surface area (Å²) in [5.74, 6) is 1.45. The molecule has 0 amide bonds. The molecule has 0 heterocycles. The second-order valence-corrected chi connectivity index (χ2v) is 5.74. The molecule has 2 rings (SSSR count). The predicted molar refractivity (Wildman–Crippen MR) is 88.5 cm³/mol. The number of benzene rings is 2. The van der Waals surface area contributed by atoms with E-state index in [-0.39, 0.29) is 6.04 Å². The molecule has 0 bridgehead atoms. The zero-order chi connectivity index (χ0) is 15.2. The molecule has 0 aliphatic carbocycles. The minimum atomic E-state index is 0.0320. The third-order valence-electron chi connectivity index (χ3n) is 3.80. The molecule has 2 heteroatoms. The average Bonchev–Trinajstić information content (AvgIpc) is 2.52. The standard InChI is InChI=1S/C19H25NO/c1-4-18(20)17-7-5-6-8-19(17)21-13-15-9-11-16(12-10-15)14(2)3/h5-12,14,18H,4,13,20H2,1-3H3/t18-/m1/s1. The first-order valence-electron chi connectivity index (χ1n) is 7.68. The third-order valence-corrected chi connectivity index (χ3v) is 3.80. The van der Waals surface area contributed by atoms with Gasteiger partial charge in [0.2, 0.25) is 0 Å². The van der Waals surface area contributed by atoms with E-state index in [1.807, 2.05) is 24.3 Å². The lowest BCUT2D eigenvalue weighted by atomic mass is 10.0. The van der Waals surface area contributed by atoms with Gasteiger partial charge in [-0.3, -0.25) is 0 Å². The maximum atomic E-state index is 6.14. The number of hydrogen-bond acceptors (Lipinski definition) is 2. The molecule has 21 heavy (non-hydrogen) atoms. The van der Waals surface area contributed by atoms with Crippen LogP contribution in [-0.4, -0.2) is 0 Å². The molecule has 2 aromatic rings. The Bertz CT molecular complexity index is 560. The number of ether oxygens (including phenoxy) is 1. The monoisotopic (exact) mass is 283 g/mol. The Labute approximate surface area is 127 Å². The first kappa shape index (κ1) is 15.6. The second-order valence-electron chi connectivity index (χ2n) is 5.74.